The Balaban J connectivity index is 2.36. The van der Waals surface area contributed by atoms with Gasteiger partial charge in [-0.1, -0.05) is 0 Å². The third kappa shape index (κ3) is 4.53. The Morgan fingerprint density at radius 3 is 2.29 bits per heavy atom. The highest BCUT2D eigenvalue weighted by molar-refractivity contribution is 5.88. The molecule has 1 saturated heterocycles. The van der Waals surface area contributed by atoms with Crippen LogP contribution >= 0.6 is 0 Å². The highest BCUT2D eigenvalue weighted by Crippen LogP contribution is 2.29. The quantitative estimate of drug-likeness (QED) is 0.787. The molecule has 1 N–H and O–H groups in total. The summed E-state index contributed by atoms with van der Waals surface area (Å²) in [6.07, 6.45) is 1.07. The smallest absolute Gasteiger partial charge is 0.341 e. The molecule has 0 unspecified atom stereocenters. The number of anilines is 1. The first kappa shape index (κ1) is 21.5. The molecular formula is C20H27N3O5. The minimum absolute atomic E-state index is 0.140. The average molecular weight is 389 g/mol. The maximum Gasteiger partial charge on any atom is 0.341 e. The second kappa shape index (κ2) is 8.05. The van der Waals surface area contributed by atoms with Crippen molar-refractivity contribution >= 4 is 17.8 Å². The zero-order valence-corrected chi connectivity index (χ0v) is 17.0. The van der Waals surface area contributed by atoms with Gasteiger partial charge in [0.25, 0.3) is 5.56 Å². The van der Waals surface area contributed by atoms with E-state index in [1.54, 1.807) is 13.8 Å². The van der Waals surface area contributed by atoms with Gasteiger partial charge in [-0.2, -0.15) is 5.26 Å². The fourth-order valence-electron chi connectivity index (χ4n) is 3.38. The number of carbonyl (C=O) groups is 2. The number of esters is 1. The van der Waals surface area contributed by atoms with E-state index in [1.165, 1.54) is 4.57 Å². The van der Waals surface area contributed by atoms with E-state index in [4.69, 9.17) is 4.74 Å². The number of rotatable bonds is 4. The monoisotopic (exact) mass is 389 g/mol. The zero-order chi connectivity index (χ0) is 21.2. The van der Waals surface area contributed by atoms with Crippen LogP contribution in [0.15, 0.2) is 10.9 Å². The third-order valence-corrected chi connectivity index (χ3v) is 4.61. The molecule has 2 heterocycles. The fraction of sp³-hybridized carbons (Fsp3) is 0.600. The lowest BCUT2D eigenvalue weighted by atomic mass is 9.96. The number of ether oxygens (including phenoxy) is 1. The molecule has 0 spiro atoms. The topological polar surface area (TPSA) is 113 Å². The second-order valence-electron chi connectivity index (χ2n) is 8.28. The predicted octanol–water partition coefficient (Wildman–Crippen LogP) is 2.56. The van der Waals surface area contributed by atoms with E-state index in [0.29, 0.717) is 31.7 Å². The molecule has 0 saturated carbocycles. The average Bonchev–Trinajstić information content (AvgIpc) is 2.59. The van der Waals surface area contributed by atoms with Crippen LogP contribution in [0.2, 0.25) is 0 Å². The fourth-order valence-corrected chi connectivity index (χ4v) is 3.38. The van der Waals surface area contributed by atoms with Crippen molar-refractivity contribution < 1.29 is 19.4 Å². The van der Waals surface area contributed by atoms with Gasteiger partial charge < -0.3 is 14.7 Å². The summed E-state index contributed by atoms with van der Waals surface area (Å²) in [5.74, 6) is -1.42. The van der Waals surface area contributed by atoms with Gasteiger partial charge in [-0.3, -0.25) is 14.2 Å². The first-order chi connectivity index (χ1) is 13.0. The highest BCUT2D eigenvalue weighted by atomic mass is 16.6. The number of nitrogens with zero attached hydrogens (tertiary/aromatic N) is 3. The van der Waals surface area contributed by atoms with E-state index in [2.05, 4.69) is 0 Å². The predicted molar refractivity (Wildman–Crippen MR) is 104 cm³/mol. The number of hydrogen-bond acceptors (Lipinski definition) is 6. The van der Waals surface area contributed by atoms with Crippen molar-refractivity contribution in [1.82, 2.24) is 4.57 Å². The van der Waals surface area contributed by atoms with Crippen LogP contribution in [0.3, 0.4) is 0 Å². The van der Waals surface area contributed by atoms with Gasteiger partial charge in [0.15, 0.2) is 0 Å². The second-order valence-corrected chi connectivity index (χ2v) is 8.28. The summed E-state index contributed by atoms with van der Waals surface area (Å²) in [6, 6.07) is 2.84. The van der Waals surface area contributed by atoms with Gasteiger partial charge in [0.05, 0.1) is 11.5 Å². The summed E-state index contributed by atoms with van der Waals surface area (Å²) in [7, 11) is 0. The summed E-state index contributed by atoms with van der Waals surface area (Å²) in [5.41, 5.74) is -1.46. The van der Waals surface area contributed by atoms with Crippen LogP contribution in [0.1, 0.15) is 69.4 Å². The number of piperidine rings is 1. The summed E-state index contributed by atoms with van der Waals surface area (Å²) in [6.45, 7) is 9.95. The molecule has 0 atom stereocenters. The zero-order valence-electron chi connectivity index (χ0n) is 17.0. The lowest BCUT2D eigenvalue weighted by Crippen LogP contribution is -2.42. The Hall–Kier alpha value is -2.82. The summed E-state index contributed by atoms with van der Waals surface area (Å²) in [5, 5.41) is 18.9. The number of aromatic nitrogens is 1. The third-order valence-electron chi connectivity index (χ3n) is 4.61. The number of nitriles is 1. The molecule has 1 aromatic rings. The molecule has 2 rings (SSSR count). The van der Waals surface area contributed by atoms with E-state index < -0.39 is 22.7 Å². The Labute approximate surface area is 164 Å². The van der Waals surface area contributed by atoms with Crippen molar-refractivity contribution in [3.8, 4) is 6.07 Å². The van der Waals surface area contributed by atoms with Gasteiger partial charge in [0.2, 0.25) is 0 Å². The number of pyridine rings is 1. The molecule has 1 aliphatic rings. The van der Waals surface area contributed by atoms with Gasteiger partial charge in [-0.05, 0) is 53.5 Å². The van der Waals surface area contributed by atoms with E-state index in [1.807, 2.05) is 31.7 Å². The van der Waals surface area contributed by atoms with Crippen LogP contribution < -0.4 is 10.5 Å². The van der Waals surface area contributed by atoms with Crippen LogP contribution in [0, 0.1) is 17.2 Å². The van der Waals surface area contributed by atoms with E-state index >= 15 is 0 Å². The number of carboxylic acid groups (broad SMARTS) is 1. The molecule has 1 aliphatic heterocycles. The van der Waals surface area contributed by atoms with Crippen molar-refractivity contribution in [1.29, 1.82) is 5.26 Å². The number of aromatic carboxylic acids is 1. The van der Waals surface area contributed by atoms with Crippen LogP contribution in [0.4, 0.5) is 5.82 Å². The number of carbonyl (C=O) groups excluding carboxylic acids is 1. The van der Waals surface area contributed by atoms with Crippen LogP contribution in [0.5, 0.6) is 0 Å². The summed E-state index contributed by atoms with van der Waals surface area (Å²) in [4.78, 5) is 38.3. The number of carboxylic acids is 1. The molecule has 0 amide bonds. The van der Waals surface area contributed by atoms with E-state index in [9.17, 15) is 24.8 Å². The van der Waals surface area contributed by atoms with E-state index in [0.717, 1.165) is 6.07 Å². The molecular weight excluding hydrogens is 362 g/mol. The van der Waals surface area contributed by atoms with Crippen LogP contribution in [0.25, 0.3) is 0 Å². The Morgan fingerprint density at radius 1 is 1.29 bits per heavy atom. The van der Waals surface area contributed by atoms with Gasteiger partial charge in [-0.25, -0.2) is 4.79 Å². The van der Waals surface area contributed by atoms with Crippen LogP contribution in [-0.4, -0.2) is 40.3 Å². The first-order valence-electron chi connectivity index (χ1n) is 9.37. The first-order valence-corrected chi connectivity index (χ1v) is 9.37. The summed E-state index contributed by atoms with van der Waals surface area (Å²) < 4.78 is 6.81. The van der Waals surface area contributed by atoms with Crippen molar-refractivity contribution in [3.05, 3.63) is 27.5 Å². The van der Waals surface area contributed by atoms with Crippen molar-refractivity contribution in [3.63, 3.8) is 0 Å². The van der Waals surface area contributed by atoms with Gasteiger partial charge in [0, 0.05) is 19.1 Å². The van der Waals surface area contributed by atoms with Crippen LogP contribution in [-0.2, 0) is 9.53 Å². The minimum atomic E-state index is -1.36. The van der Waals surface area contributed by atoms with Gasteiger partial charge in [0.1, 0.15) is 23.1 Å². The molecule has 0 bridgehead atoms. The SMILES string of the molecule is CC(C)n1c(N2CCC(C(=O)OC(C)(C)C)CC2)c(C#N)cc(C(=O)O)c1=O. The largest absolute Gasteiger partial charge is 0.477 e. The van der Waals surface area contributed by atoms with Gasteiger partial charge in [-0.15, -0.1) is 0 Å². The van der Waals surface area contributed by atoms with Crippen molar-refractivity contribution in [2.24, 2.45) is 5.92 Å². The maximum atomic E-state index is 12.7. The normalized spacial score (nSPS) is 15.4. The Morgan fingerprint density at radius 2 is 1.86 bits per heavy atom. The van der Waals surface area contributed by atoms with Gasteiger partial charge >= 0.3 is 11.9 Å². The molecule has 1 aromatic heterocycles. The molecule has 28 heavy (non-hydrogen) atoms. The van der Waals surface area contributed by atoms with E-state index in [-0.39, 0.29) is 23.5 Å². The standard InChI is InChI=1S/C20H27N3O5/c1-12(2)23-16(14(11-21)10-15(17(23)24)18(25)26)22-8-6-13(7-9-22)19(27)28-20(3,4)5/h10,12-13H,6-9H2,1-5H3,(H,25,26). The molecule has 0 aromatic carbocycles. The molecule has 152 valence electrons. The number of hydrogen-bond donors (Lipinski definition) is 1. The Kier molecular flexibility index (Phi) is 6.17. The molecule has 8 nitrogen and oxygen atoms in total. The molecule has 0 aliphatic carbocycles. The lowest BCUT2D eigenvalue weighted by molar-refractivity contribution is -0.160. The minimum Gasteiger partial charge on any atom is -0.477 e. The van der Waals surface area contributed by atoms with Crippen molar-refractivity contribution in [2.75, 3.05) is 18.0 Å². The molecule has 8 heteroatoms. The lowest BCUT2D eigenvalue weighted by Gasteiger charge is -2.36. The highest BCUT2D eigenvalue weighted by Gasteiger charge is 2.32. The van der Waals surface area contributed by atoms with Crippen molar-refractivity contribution in [2.45, 2.75) is 59.1 Å². The maximum absolute atomic E-state index is 12.7. The molecule has 1 fully saturated rings. The summed E-state index contributed by atoms with van der Waals surface area (Å²) >= 11 is 0. The molecule has 0 radical (unpaired) electrons. The Bertz CT molecular complexity index is 866.